The molecule has 0 aromatic heterocycles. The van der Waals surface area contributed by atoms with Gasteiger partial charge in [-0.1, -0.05) is 23.8 Å². The van der Waals surface area contributed by atoms with Crippen molar-refractivity contribution in [1.29, 1.82) is 0 Å². The highest BCUT2D eigenvalue weighted by Crippen LogP contribution is 2.20. The molecule has 4 nitrogen and oxygen atoms in total. The molecule has 2 rings (SSSR count). The third-order valence-electron chi connectivity index (χ3n) is 2.71. The Morgan fingerprint density at radius 3 is 2.47 bits per heavy atom. The van der Waals surface area contributed by atoms with E-state index in [1.165, 1.54) is 18.2 Å². The molecule has 0 aliphatic heterocycles. The van der Waals surface area contributed by atoms with Crippen LogP contribution in [0.2, 0.25) is 0 Å². The summed E-state index contributed by atoms with van der Waals surface area (Å²) in [6.07, 6.45) is 0. The van der Waals surface area contributed by atoms with Gasteiger partial charge in [0.25, 0.3) is 5.91 Å². The summed E-state index contributed by atoms with van der Waals surface area (Å²) in [5, 5.41) is 2.69. The van der Waals surface area contributed by atoms with Gasteiger partial charge in [0.2, 0.25) is 0 Å². The molecule has 4 N–H and O–H groups in total. The number of hydrogen-bond donors (Lipinski definition) is 3. The second-order valence-electron chi connectivity index (χ2n) is 4.13. The second kappa shape index (κ2) is 5.49. The van der Waals surface area contributed by atoms with Crippen LogP contribution in [0, 0.1) is 12.7 Å². The molecular weight excluding hydrogens is 245 g/mol. The number of halogens is 1. The number of amides is 1. The minimum absolute atomic E-state index is 0.0212. The van der Waals surface area contributed by atoms with E-state index in [1.54, 1.807) is 12.1 Å². The molecule has 0 fully saturated rings. The molecule has 0 saturated carbocycles. The normalized spacial score (nSPS) is 10.1. The Balaban J connectivity index is 2.25. The lowest BCUT2D eigenvalue weighted by atomic mass is 10.1. The van der Waals surface area contributed by atoms with Gasteiger partial charge in [0, 0.05) is 5.69 Å². The first-order valence-corrected chi connectivity index (χ1v) is 5.75. The van der Waals surface area contributed by atoms with Gasteiger partial charge in [-0.2, -0.15) is 0 Å². The van der Waals surface area contributed by atoms with Gasteiger partial charge in [0.05, 0.1) is 11.3 Å². The van der Waals surface area contributed by atoms with Crippen LogP contribution in [-0.4, -0.2) is 5.91 Å². The lowest BCUT2D eigenvalue weighted by Gasteiger charge is -2.10. The quantitative estimate of drug-likeness (QED) is 0.586. The first-order valence-electron chi connectivity index (χ1n) is 5.75. The molecule has 0 radical (unpaired) electrons. The number of carbonyl (C=O) groups excluding carboxylic acids is 1. The number of rotatable bonds is 3. The van der Waals surface area contributed by atoms with Crippen molar-refractivity contribution in [2.45, 2.75) is 6.92 Å². The van der Waals surface area contributed by atoms with Crippen molar-refractivity contribution in [2.75, 3.05) is 10.7 Å². The maximum absolute atomic E-state index is 13.5. The Hall–Kier alpha value is -2.40. The van der Waals surface area contributed by atoms with E-state index in [4.69, 9.17) is 5.84 Å². The molecule has 0 aliphatic rings. The van der Waals surface area contributed by atoms with Crippen molar-refractivity contribution in [3.63, 3.8) is 0 Å². The highest BCUT2D eigenvalue weighted by molar-refractivity contribution is 6.08. The number of benzene rings is 2. The summed E-state index contributed by atoms with van der Waals surface area (Å²) in [5.41, 5.74) is 4.07. The zero-order valence-electron chi connectivity index (χ0n) is 10.4. The minimum Gasteiger partial charge on any atom is -0.322 e. The van der Waals surface area contributed by atoms with Crippen molar-refractivity contribution >= 4 is 17.3 Å². The summed E-state index contributed by atoms with van der Waals surface area (Å²) in [6, 6.07) is 11.5. The monoisotopic (exact) mass is 259 g/mol. The van der Waals surface area contributed by atoms with Crippen LogP contribution in [0.5, 0.6) is 0 Å². The predicted octanol–water partition coefficient (Wildman–Crippen LogP) is 2.67. The van der Waals surface area contributed by atoms with Crippen LogP contribution in [-0.2, 0) is 0 Å². The van der Waals surface area contributed by atoms with E-state index in [0.717, 1.165) is 5.56 Å². The van der Waals surface area contributed by atoms with Gasteiger partial charge < -0.3 is 10.7 Å². The van der Waals surface area contributed by atoms with Crippen LogP contribution >= 0.6 is 0 Å². The lowest BCUT2D eigenvalue weighted by molar-refractivity contribution is 0.102. The predicted molar refractivity (Wildman–Crippen MR) is 73.3 cm³/mol. The van der Waals surface area contributed by atoms with Gasteiger partial charge in [-0.05, 0) is 31.2 Å². The summed E-state index contributed by atoms with van der Waals surface area (Å²) < 4.78 is 13.5. The minimum atomic E-state index is -0.570. The fourth-order valence-corrected chi connectivity index (χ4v) is 1.70. The van der Waals surface area contributed by atoms with Crippen molar-refractivity contribution in [3.8, 4) is 0 Å². The van der Waals surface area contributed by atoms with E-state index in [2.05, 4.69) is 10.7 Å². The third-order valence-corrected chi connectivity index (χ3v) is 2.71. The van der Waals surface area contributed by atoms with Crippen LogP contribution in [0.25, 0.3) is 0 Å². The van der Waals surface area contributed by atoms with Gasteiger partial charge in [0.15, 0.2) is 0 Å². The topological polar surface area (TPSA) is 67.2 Å². The smallest absolute Gasteiger partial charge is 0.257 e. The molecule has 0 bridgehead atoms. The number of anilines is 2. The highest BCUT2D eigenvalue weighted by Gasteiger charge is 2.14. The van der Waals surface area contributed by atoms with E-state index < -0.39 is 11.7 Å². The van der Waals surface area contributed by atoms with Crippen LogP contribution in [0.3, 0.4) is 0 Å². The van der Waals surface area contributed by atoms with Gasteiger partial charge in [-0.25, -0.2) is 4.39 Å². The molecule has 5 heteroatoms. The molecule has 2 aromatic carbocycles. The van der Waals surface area contributed by atoms with Crippen molar-refractivity contribution in [3.05, 3.63) is 59.4 Å². The first-order chi connectivity index (χ1) is 9.11. The molecule has 0 heterocycles. The number of hydrogen-bond acceptors (Lipinski definition) is 3. The molecule has 0 spiro atoms. The Kier molecular flexibility index (Phi) is 3.77. The van der Waals surface area contributed by atoms with E-state index in [0.29, 0.717) is 5.69 Å². The Bertz CT molecular complexity index is 596. The maximum Gasteiger partial charge on any atom is 0.257 e. The number of para-hydroxylation sites is 1. The molecule has 19 heavy (non-hydrogen) atoms. The van der Waals surface area contributed by atoms with Crippen LogP contribution < -0.4 is 16.6 Å². The van der Waals surface area contributed by atoms with Crippen molar-refractivity contribution in [1.82, 2.24) is 0 Å². The standard InChI is InChI=1S/C14H14FN3O/c1-9-5-7-10(8-6-9)17-14(19)11-3-2-4-12(15)13(11)18-16/h2-8,18H,16H2,1H3,(H,17,19). The van der Waals surface area contributed by atoms with Gasteiger partial charge in [-0.15, -0.1) is 0 Å². The molecule has 98 valence electrons. The second-order valence-corrected chi connectivity index (χ2v) is 4.13. The molecule has 1 amide bonds. The summed E-state index contributed by atoms with van der Waals surface area (Å²) in [4.78, 5) is 12.1. The zero-order chi connectivity index (χ0) is 13.8. The SMILES string of the molecule is Cc1ccc(NC(=O)c2cccc(F)c2NN)cc1. The Morgan fingerprint density at radius 1 is 1.16 bits per heavy atom. The van der Waals surface area contributed by atoms with E-state index in [-0.39, 0.29) is 11.3 Å². The maximum atomic E-state index is 13.5. The van der Waals surface area contributed by atoms with Crippen LogP contribution in [0.15, 0.2) is 42.5 Å². The molecule has 0 saturated heterocycles. The molecule has 0 unspecified atom stereocenters. The van der Waals surface area contributed by atoms with E-state index in [1.807, 2.05) is 19.1 Å². The number of aryl methyl sites for hydroxylation is 1. The highest BCUT2D eigenvalue weighted by atomic mass is 19.1. The van der Waals surface area contributed by atoms with Gasteiger partial charge in [-0.3, -0.25) is 10.6 Å². The Morgan fingerprint density at radius 2 is 1.84 bits per heavy atom. The van der Waals surface area contributed by atoms with Crippen LogP contribution in [0.4, 0.5) is 15.8 Å². The molecule has 0 aliphatic carbocycles. The lowest BCUT2D eigenvalue weighted by Crippen LogP contribution is -2.18. The number of hydrazine groups is 1. The molecule has 2 aromatic rings. The summed E-state index contributed by atoms with van der Waals surface area (Å²) in [7, 11) is 0. The van der Waals surface area contributed by atoms with Crippen molar-refractivity contribution < 1.29 is 9.18 Å². The van der Waals surface area contributed by atoms with E-state index >= 15 is 0 Å². The number of carbonyl (C=O) groups is 1. The molecule has 0 atom stereocenters. The molecular formula is C14H14FN3O. The average molecular weight is 259 g/mol. The average Bonchev–Trinajstić information content (AvgIpc) is 2.41. The van der Waals surface area contributed by atoms with Crippen LogP contribution in [0.1, 0.15) is 15.9 Å². The first kappa shape index (κ1) is 13.0. The van der Waals surface area contributed by atoms with E-state index in [9.17, 15) is 9.18 Å². The summed E-state index contributed by atoms with van der Waals surface area (Å²) in [5.74, 6) is 4.24. The fourth-order valence-electron chi connectivity index (χ4n) is 1.70. The number of nitrogens with one attached hydrogen (secondary N) is 2. The summed E-state index contributed by atoms with van der Waals surface area (Å²) in [6.45, 7) is 1.95. The van der Waals surface area contributed by atoms with Gasteiger partial charge >= 0.3 is 0 Å². The van der Waals surface area contributed by atoms with Gasteiger partial charge in [0.1, 0.15) is 5.82 Å². The Labute approximate surface area is 110 Å². The van der Waals surface area contributed by atoms with Crippen molar-refractivity contribution in [2.24, 2.45) is 5.84 Å². The zero-order valence-corrected chi connectivity index (χ0v) is 10.4. The fraction of sp³-hybridized carbons (Fsp3) is 0.0714. The number of nitrogen functional groups attached to an aromatic ring is 1. The third kappa shape index (κ3) is 2.89. The number of nitrogens with two attached hydrogens (primary N) is 1. The summed E-state index contributed by atoms with van der Waals surface area (Å²) >= 11 is 0. The largest absolute Gasteiger partial charge is 0.322 e.